The smallest absolute Gasteiger partial charge is 0.306 e. The van der Waals surface area contributed by atoms with Crippen LogP contribution in [0.25, 0.3) is 0 Å². The van der Waals surface area contributed by atoms with Gasteiger partial charge in [-0.05, 0) is 44.1 Å². The van der Waals surface area contributed by atoms with Crippen molar-refractivity contribution in [3.8, 4) is 0 Å². The third kappa shape index (κ3) is 4.71. The first-order chi connectivity index (χ1) is 10.2. The molecule has 0 aromatic heterocycles. The van der Waals surface area contributed by atoms with Crippen molar-refractivity contribution in [1.29, 1.82) is 0 Å². The molecule has 2 N–H and O–H groups in total. The zero-order valence-corrected chi connectivity index (χ0v) is 12.5. The maximum Gasteiger partial charge on any atom is 0.306 e. The van der Waals surface area contributed by atoms with Crippen LogP contribution in [0.1, 0.15) is 50.1 Å². The lowest BCUT2D eigenvalue weighted by Crippen LogP contribution is -2.37. The van der Waals surface area contributed by atoms with Gasteiger partial charge in [0.05, 0.1) is 5.92 Å². The minimum absolute atomic E-state index is 0.147. The first-order valence-corrected chi connectivity index (χ1v) is 7.85. The topological polar surface area (TPSA) is 49.3 Å². The van der Waals surface area contributed by atoms with Gasteiger partial charge in [0.2, 0.25) is 0 Å². The van der Waals surface area contributed by atoms with Gasteiger partial charge in [0.1, 0.15) is 0 Å². The average molecular weight is 287 g/mol. The van der Waals surface area contributed by atoms with Crippen LogP contribution in [0.4, 0.5) is 0 Å². The molecule has 0 aliphatic heterocycles. The van der Waals surface area contributed by atoms with Crippen LogP contribution in [-0.2, 0) is 4.79 Å². The van der Waals surface area contributed by atoms with E-state index in [9.17, 15) is 4.79 Å². The monoisotopic (exact) mass is 287 g/mol. The van der Waals surface area contributed by atoms with Gasteiger partial charge in [-0.2, -0.15) is 0 Å². The molecule has 0 spiro atoms. The highest BCUT2D eigenvalue weighted by Crippen LogP contribution is 2.27. The molecule has 0 bridgehead atoms. The molecule has 1 fully saturated rings. The van der Waals surface area contributed by atoms with Crippen molar-refractivity contribution >= 4 is 5.97 Å². The fraction of sp³-hybridized carbons (Fsp3) is 0.500. The van der Waals surface area contributed by atoms with E-state index < -0.39 is 5.97 Å². The van der Waals surface area contributed by atoms with Crippen LogP contribution in [0.3, 0.4) is 0 Å². The van der Waals surface area contributed by atoms with Gasteiger partial charge >= 0.3 is 5.97 Å². The molecule has 21 heavy (non-hydrogen) atoms. The minimum atomic E-state index is -0.639. The van der Waals surface area contributed by atoms with Crippen molar-refractivity contribution in [2.75, 3.05) is 0 Å². The molecule has 0 heterocycles. The summed E-state index contributed by atoms with van der Waals surface area (Å²) in [6, 6.07) is 11.2. The van der Waals surface area contributed by atoms with Gasteiger partial charge in [-0.3, -0.25) is 4.79 Å². The van der Waals surface area contributed by atoms with Gasteiger partial charge in [0.15, 0.2) is 0 Å². The SMILES string of the molecule is C=CCCC(NC1CCC(C(=O)O)CC1)c1ccccc1. The Bertz CT molecular complexity index is 450. The van der Waals surface area contributed by atoms with Crippen molar-refractivity contribution in [2.45, 2.75) is 50.6 Å². The lowest BCUT2D eigenvalue weighted by Gasteiger charge is -2.31. The Morgan fingerprint density at radius 3 is 2.52 bits per heavy atom. The number of nitrogens with one attached hydrogen (secondary N) is 1. The van der Waals surface area contributed by atoms with Crippen LogP contribution in [0.2, 0.25) is 0 Å². The molecule has 3 heteroatoms. The van der Waals surface area contributed by atoms with Gasteiger partial charge in [-0.15, -0.1) is 6.58 Å². The molecule has 1 aromatic rings. The Balaban J connectivity index is 1.93. The van der Waals surface area contributed by atoms with E-state index in [1.54, 1.807) is 0 Å². The Hall–Kier alpha value is -1.61. The van der Waals surface area contributed by atoms with E-state index in [1.807, 2.05) is 12.1 Å². The maximum absolute atomic E-state index is 11.0. The summed E-state index contributed by atoms with van der Waals surface area (Å²) in [4.78, 5) is 11.0. The predicted molar refractivity (Wildman–Crippen MR) is 85.1 cm³/mol. The number of carboxylic acid groups (broad SMARTS) is 1. The highest BCUT2D eigenvalue weighted by molar-refractivity contribution is 5.70. The molecule has 1 aliphatic carbocycles. The van der Waals surface area contributed by atoms with Gasteiger partial charge in [0.25, 0.3) is 0 Å². The third-order valence-electron chi connectivity index (χ3n) is 4.37. The first-order valence-electron chi connectivity index (χ1n) is 7.85. The molecule has 1 aliphatic rings. The molecule has 0 amide bonds. The molecular weight excluding hydrogens is 262 g/mol. The Morgan fingerprint density at radius 2 is 1.95 bits per heavy atom. The summed E-state index contributed by atoms with van der Waals surface area (Å²) in [5.74, 6) is -0.786. The van der Waals surface area contributed by atoms with Crippen molar-refractivity contribution in [2.24, 2.45) is 5.92 Å². The Morgan fingerprint density at radius 1 is 1.29 bits per heavy atom. The second kappa shape index (κ2) is 7.99. The number of hydrogen-bond donors (Lipinski definition) is 2. The highest BCUT2D eigenvalue weighted by Gasteiger charge is 2.27. The third-order valence-corrected chi connectivity index (χ3v) is 4.37. The quantitative estimate of drug-likeness (QED) is 0.747. The number of carboxylic acids is 1. The maximum atomic E-state index is 11.0. The summed E-state index contributed by atoms with van der Waals surface area (Å²) in [6.45, 7) is 3.81. The van der Waals surface area contributed by atoms with E-state index in [4.69, 9.17) is 5.11 Å². The number of rotatable bonds is 7. The second-order valence-corrected chi connectivity index (χ2v) is 5.88. The number of aliphatic carboxylic acids is 1. The number of hydrogen-bond acceptors (Lipinski definition) is 2. The van der Waals surface area contributed by atoms with Gasteiger partial charge in [-0.1, -0.05) is 36.4 Å². The summed E-state index contributed by atoms with van der Waals surface area (Å²) in [5, 5.41) is 12.8. The fourth-order valence-electron chi connectivity index (χ4n) is 3.11. The Kier molecular flexibility index (Phi) is 6.00. The second-order valence-electron chi connectivity index (χ2n) is 5.88. The van der Waals surface area contributed by atoms with Crippen molar-refractivity contribution in [3.63, 3.8) is 0 Å². The molecule has 0 saturated heterocycles. The molecule has 1 aromatic carbocycles. The minimum Gasteiger partial charge on any atom is -0.481 e. The lowest BCUT2D eigenvalue weighted by atomic mass is 9.85. The predicted octanol–water partition coefficient (Wildman–Crippen LogP) is 3.93. The van der Waals surface area contributed by atoms with Crippen LogP contribution in [-0.4, -0.2) is 17.1 Å². The molecule has 0 radical (unpaired) electrons. The van der Waals surface area contributed by atoms with E-state index >= 15 is 0 Å². The number of allylic oxidation sites excluding steroid dienone is 1. The van der Waals surface area contributed by atoms with Crippen LogP contribution in [0.15, 0.2) is 43.0 Å². The van der Waals surface area contributed by atoms with Crippen LogP contribution in [0, 0.1) is 5.92 Å². The summed E-state index contributed by atoms with van der Waals surface area (Å²) in [7, 11) is 0. The first kappa shape index (κ1) is 15.8. The van der Waals surface area contributed by atoms with Gasteiger partial charge < -0.3 is 10.4 Å². The van der Waals surface area contributed by atoms with Crippen LogP contribution < -0.4 is 5.32 Å². The van der Waals surface area contributed by atoms with Gasteiger partial charge in [-0.25, -0.2) is 0 Å². The van der Waals surface area contributed by atoms with E-state index in [-0.39, 0.29) is 5.92 Å². The van der Waals surface area contributed by atoms with Crippen molar-refractivity contribution in [3.05, 3.63) is 48.6 Å². The fourth-order valence-corrected chi connectivity index (χ4v) is 3.11. The lowest BCUT2D eigenvalue weighted by molar-refractivity contribution is -0.142. The van der Waals surface area contributed by atoms with E-state index in [0.717, 1.165) is 38.5 Å². The highest BCUT2D eigenvalue weighted by atomic mass is 16.4. The van der Waals surface area contributed by atoms with E-state index in [1.165, 1.54) is 5.56 Å². The molecule has 1 unspecified atom stereocenters. The molecule has 1 saturated carbocycles. The van der Waals surface area contributed by atoms with Crippen molar-refractivity contribution < 1.29 is 9.90 Å². The summed E-state index contributed by atoms with van der Waals surface area (Å²) >= 11 is 0. The standard InChI is InChI=1S/C18H25NO2/c1-2-3-9-17(14-7-5-4-6-8-14)19-16-12-10-15(11-13-16)18(20)21/h2,4-8,15-17,19H,1,3,9-13H2,(H,20,21). The summed E-state index contributed by atoms with van der Waals surface area (Å²) < 4.78 is 0. The van der Waals surface area contributed by atoms with Gasteiger partial charge in [0, 0.05) is 12.1 Å². The average Bonchev–Trinajstić information content (AvgIpc) is 2.52. The van der Waals surface area contributed by atoms with E-state index in [0.29, 0.717) is 12.1 Å². The van der Waals surface area contributed by atoms with Crippen LogP contribution >= 0.6 is 0 Å². The Labute approximate surface area is 127 Å². The molecule has 2 rings (SSSR count). The summed E-state index contributed by atoms with van der Waals surface area (Å²) in [6.07, 6.45) is 7.46. The molecule has 3 nitrogen and oxygen atoms in total. The largest absolute Gasteiger partial charge is 0.481 e. The number of benzene rings is 1. The summed E-state index contributed by atoms with van der Waals surface area (Å²) in [5.41, 5.74) is 1.31. The zero-order valence-electron chi connectivity index (χ0n) is 12.5. The molecule has 114 valence electrons. The number of carbonyl (C=O) groups is 1. The normalized spacial score (nSPS) is 23.4. The molecule has 1 atom stereocenters. The zero-order chi connectivity index (χ0) is 15.1. The molecular formula is C18H25NO2. The van der Waals surface area contributed by atoms with Crippen molar-refractivity contribution in [1.82, 2.24) is 5.32 Å². The van der Waals surface area contributed by atoms with E-state index in [2.05, 4.69) is 36.2 Å². The van der Waals surface area contributed by atoms with Crippen LogP contribution in [0.5, 0.6) is 0 Å².